The molecule has 0 amide bonds. The highest BCUT2D eigenvalue weighted by atomic mass is 16.5. The molecule has 1 saturated heterocycles. The second kappa shape index (κ2) is 5.29. The van der Waals surface area contributed by atoms with Crippen LogP contribution in [0.15, 0.2) is 24.3 Å². The van der Waals surface area contributed by atoms with Crippen LogP contribution in [0.4, 0.5) is 0 Å². The third-order valence-electron chi connectivity index (χ3n) is 4.14. The van der Waals surface area contributed by atoms with E-state index in [1.165, 1.54) is 18.4 Å². The standard InChI is InChI=1S/C15H21NO2/c17-10-12-4-3-7-16(8-12)9-13-11-18-15-6-2-1-5-14(13)15/h1-2,5-6,12-13,17H,3-4,7-11H2. The van der Waals surface area contributed by atoms with Gasteiger partial charge in [-0.2, -0.15) is 0 Å². The summed E-state index contributed by atoms with van der Waals surface area (Å²) in [6, 6.07) is 8.36. The average Bonchev–Trinajstić information content (AvgIpc) is 2.83. The van der Waals surface area contributed by atoms with Crippen molar-refractivity contribution in [2.24, 2.45) is 5.92 Å². The van der Waals surface area contributed by atoms with Crippen LogP contribution >= 0.6 is 0 Å². The molecular weight excluding hydrogens is 226 g/mol. The van der Waals surface area contributed by atoms with Crippen LogP contribution < -0.4 is 4.74 Å². The van der Waals surface area contributed by atoms with Crippen molar-refractivity contribution < 1.29 is 9.84 Å². The number of para-hydroxylation sites is 1. The Kier molecular flexibility index (Phi) is 3.52. The molecule has 2 aliphatic rings. The van der Waals surface area contributed by atoms with E-state index in [4.69, 9.17) is 4.74 Å². The van der Waals surface area contributed by atoms with Gasteiger partial charge in [0, 0.05) is 31.2 Å². The highest BCUT2D eigenvalue weighted by Gasteiger charge is 2.27. The lowest BCUT2D eigenvalue weighted by Crippen LogP contribution is -2.39. The molecule has 1 aromatic rings. The molecular formula is C15H21NO2. The highest BCUT2D eigenvalue weighted by Crippen LogP contribution is 2.34. The minimum absolute atomic E-state index is 0.328. The van der Waals surface area contributed by atoms with Crippen LogP contribution in [0.25, 0.3) is 0 Å². The fourth-order valence-electron chi connectivity index (χ4n) is 3.16. The number of likely N-dealkylation sites (tertiary alicyclic amines) is 1. The Labute approximate surface area is 108 Å². The second-order valence-electron chi connectivity index (χ2n) is 5.50. The van der Waals surface area contributed by atoms with Crippen molar-refractivity contribution >= 4 is 0 Å². The van der Waals surface area contributed by atoms with Gasteiger partial charge in [-0.15, -0.1) is 0 Å². The van der Waals surface area contributed by atoms with Crippen LogP contribution in [-0.4, -0.2) is 42.9 Å². The van der Waals surface area contributed by atoms with Crippen molar-refractivity contribution in [2.45, 2.75) is 18.8 Å². The SMILES string of the molecule is OCC1CCCN(CC2COc3ccccc32)C1. The predicted molar refractivity (Wildman–Crippen MR) is 70.9 cm³/mol. The Morgan fingerprint density at radius 1 is 1.33 bits per heavy atom. The van der Waals surface area contributed by atoms with E-state index in [1.807, 2.05) is 6.07 Å². The second-order valence-corrected chi connectivity index (χ2v) is 5.50. The summed E-state index contributed by atoms with van der Waals surface area (Å²) < 4.78 is 5.73. The summed E-state index contributed by atoms with van der Waals surface area (Å²) in [4.78, 5) is 2.49. The van der Waals surface area contributed by atoms with Gasteiger partial charge in [0.1, 0.15) is 5.75 Å². The summed E-state index contributed by atoms with van der Waals surface area (Å²) in [6.45, 7) is 4.39. The molecule has 0 aliphatic carbocycles. The largest absolute Gasteiger partial charge is 0.493 e. The van der Waals surface area contributed by atoms with Gasteiger partial charge in [0.2, 0.25) is 0 Å². The Hall–Kier alpha value is -1.06. The third kappa shape index (κ3) is 2.38. The number of benzene rings is 1. The molecule has 0 bridgehead atoms. The first kappa shape index (κ1) is 12.0. The van der Waals surface area contributed by atoms with Crippen molar-refractivity contribution in [3.8, 4) is 5.75 Å². The number of hydrogen-bond acceptors (Lipinski definition) is 3. The first-order chi connectivity index (χ1) is 8.86. The first-order valence-electron chi connectivity index (χ1n) is 6.91. The smallest absolute Gasteiger partial charge is 0.122 e. The molecule has 2 unspecified atom stereocenters. The van der Waals surface area contributed by atoms with Gasteiger partial charge in [-0.25, -0.2) is 0 Å². The van der Waals surface area contributed by atoms with Gasteiger partial charge in [-0.05, 0) is 31.4 Å². The minimum atomic E-state index is 0.328. The lowest BCUT2D eigenvalue weighted by molar-refractivity contribution is 0.113. The van der Waals surface area contributed by atoms with Gasteiger partial charge in [0.15, 0.2) is 0 Å². The zero-order valence-electron chi connectivity index (χ0n) is 10.7. The molecule has 0 aromatic heterocycles. The van der Waals surface area contributed by atoms with Crippen molar-refractivity contribution in [2.75, 3.05) is 32.8 Å². The van der Waals surface area contributed by atoms with Gasteiger partial charge in [-0.3, -0.25) is 0 Å². The molecule has 3 heteroatoms. The van der Waals surface area contributed by atoms with Crippen molar-refractivity contribution in [1.82, 2.24) is 4.90 Å². The van der Waals surface area contributed by atoms with E-state index >= 15 is 0 Å². The number of ether oxygens (including phenoxy) is 1. The van der Waals surface area contributed by atoms with Crippen LogP contribution in [0.2, 0.25) is 0 Å². The van der Waals surface area contributed by atoms with Gasteiger partial charge in [0.25, 0.3) is 0 Å². The van der Waals surface area contributed by atoms with Crippen LogP contribution in [0.3, 0.4) is 0 Å². The summed E-state index contributed by atoms with van der Waals surface area (Å²) >= 11 is 0. The molecule has 3 rings (SSSR count). The molecule has 1 aromatic carbocycles. The van der Waals surface area contributed by atoms with Gasteiger partial charge >= 0.3 is 0 Å². The van der Waals surface area contributed by atoms with E-state index in [0.29, 0.717) is 18.4 Å². The highest BCUT2D eigenvalue weighted by molar-refractivity contribution is 5.39. The summed E-state index contributed by atoms with van der Waals surface area (Å²) in [5.41, 5.74) is 1.35. The molecule has 2 atom stereocenters. The molecule has 0 spiro atoms. The number of fused-ring (bicyclic) bond motifs is 1. The molecule has 2 aliphatic heterocycles. The predicted octanol–water partition coefficient (Wildman–Crippen LogP) is 1.87. The maximum absolute atomic E-state index is 9.28. The maximum atomic E-state index is 9.28. The molecule has 1 N–H and O–H groups in total. The zero-order chi connectivity index (χ0) is 12.4. The zero-order valence-corrected chi connectivity index (χ0v) is 10.7. The summed E-state index contributed by atoms with van der Waals surface area (Å²) in [5.74, 6) is 2.02. The average molecular weight is 247 g/mol. The van der Waals surface area contributed by atoms with Gasteiger partial charge in [-0.1, -0.05) is 18.2 Å². The number of piperidine rings is 1. The van der Waals surface area contributed by atoms with Crippen molar-refractivity contribution in [3.63, 3.8) is 0 Å². The summed E-state index contributed by atoms with van der Waals surface area (Å²) in [6.07, 6.45) is 2.38. The molecule has 0 saturated carbocycles. The van der Waals surface area contributed by atoms with Crippen molar-refractivity contribution in [3.05, 3.63) is 29.8 Å². The lowest BCUT2D eigenvalue weighted by Gasteiger charge is -2.33. The number of hydrogen-bond donors (Lipinski definition) is 1. The fraction of sp³-hybridized carbons (Fsp3) is 0.600. The van der Waals surface area contributed by atoms with Gasteiger partial charge < -0.3 is 14.7 Å². The van der Waals surface area contributed by atoms with Gasteiger partial charge in [0.05, 0.1) is 6.61 Å². The topological polar surface area (TPSA) is 32.7 Å². The monoisotopic (exact) mass is 247 g/mol. The third-order valence-corrected chi connectivity index (χ3v) is 4.14. The van der Waals surface area contributed by atoms with Crippen LogP contribution in [0.5, 0.6) is 5.75 Å². The normalized spacial score (nSPS) is 27.8. The molecule has 2 heterocycles. The molecule has 18 heavy (non-hydrogen) atoms. The van der Waals surface area contributed by atoms with E-state index in [1.54, 1.807) is 0 Å². The Morgan fingerprint density at radius 2 is 2.22 bits per heavy atom. The summed E-state index contributed by atoms with van der Waals surface area (Å²) in [5, 5.41) is 9.28. The van der Waals surface area contributed by atoms with Crippen LogP contribution in [0, 0.1) is 5.92 Å². The Bertz CT molecular complexity index is 407. The first-order valence-corrected chi connectivity index (χ1v) is 6.91. The lowest BCUT2D eigenvalue weighted by atomic mass is 9.96. The number of aliphatic hydroxyl groups is 1. The number of nitrogens with zero attached hydrogens (tertiary/aromatic N) is 1. The fourth-order valence-corrected chi connectivity index (χ4v) is 3.16. The Balaban J connectivity index is 1.64. The minimum Gasteiger partial charge on any atom is -0.493 e. The summed E-state index contributed by atoms with van der Waals surface area (Å²) in [7, 11) is 0. The Morgan fingerprint density at radius 3 is 3.11 bits per heavy atom. The molecule has 3 nitrogen and oxygen atoms in total. The quantitative estimate of drug-likeness (QED) is 0.885. The molecule has 98 valence electrons. The maximum Gasteiger partial charge on any atom is 0.122 e. The van der Waals surface area contributed by atoms with E-state index < -0.39 is 0 Å². The van der Waals surface area contributed by atoms with E-state index in [2.05, 4.69) is 23.1 Å². The number of aliphatic hydroxyl groups excluding tert-OH is 1. The van der Waals surface area contributed by atoms with Crippen molar-refractivity contribution in [1.29, 1.82) is 0 Å². The van der Waals surface area contributed by atoms with Crippen LogP contribution in [0.1, 0.15) is 24.3 Å². The number of rotatable bonds is 3. The van der Waals surface area contributed by atoms with E-state index in [0.717, 1.165) is 32.0 Å². The van der Waals surface area contributed by atoms with E-state index in [-0.39, 0.29) is 0 Å². The molecule has 0 radical (unpaired) electrons. The van der Waals surface area contributed by atoms with E-state index in [9.17, 15) is 5.11 Å². The molecule has 1 fully saturated rings. The van der Waals surface area contributed by atoms with Crippen LogP contribution in [-0.2, 0) is 0 Å².